The molecule has 7 heteroatoms. The first kappa shape index (κ1) is 19.6. The molecule has 3 rings (SSSR count). The van der Waals surface area contributed by atoms with E-state index in [2.05, 4.69) is 26.1 Å². The van der Waals surface area contributed by atoms with Gasteiger partial charge in [-0.15, -0.1) is 10.2 Å². The van der Waals surface area contributed by atoms with Crippen molar-refractivity contribution in [1.82, 2.24) is 14.8 Å². The van der Waals surface area contributed by atoms with Gasteiger partial charge in [0.15, 0.2) is 22.9 Å². The monoisotopic (exact) mass is 445 g/mol. The highest BCUT2D eigenvalue weighted by atomic mass is 79.9. The highest BCUT2D eigenvalue weighted by molar-refractivity contribution is 9.10. The van der Waals surface area contributed by atoms with Crippen LogP contribution in [0, 0.1) is 0 Å². The summed E-state index contributed by atoms with van der Waals surface area (Å²) >= 11 is 4.77. The number of carbonyl (C=O) groups is 1. The molecule has 3 aromatic rings. The third-order valence-electron chi connectivity index (χ3n) is 3.98. The van der Waals surface area contributed by atoms with Gasteiger partial charge in [-0.2, -0.15) is 0 Å². The number of halogens is 1. The van der Waals surface area contributed by atoms with Crippen LogP contribution >= 0.6 is 27.7 Å². The molecular formula is C20H20BrN3O2S. The Hall–Kier alpha value is -2.12. The number of thioether (sulfide) groups is 1. The van der Waals surface area contributed by atoms with Gasteiger partial charge in [0.2, 0.25) is 0 Å². The third-order valence-corrected chi connectivity index (χ3v) is 5.48. The Morgan fingerprint density at radius 2 is 1.85 bits per heavy atom. The molecule has 0 bridgehead atoms. The molecule has 27 heavy (non-hydrogen) atoms. The average Bonchev–Trinajstić information content (AvgIpc) is 3.10. The van der Waals surface area contributed by atoms with Crippen molar-refractivity contribution in [2.45, 2.75) is 31.7 Å². The summed E-state index contributed by atoms with van der Waals surface area (Å²) in [6.45, 7) is 4.69. The molecule has 1 unspecified atom stereocenters. The fraction of sp³-hybridized carbons (Fsp3) is 0.250. The molecule has 0 radical (unpaired) electrons. The van der Waals surface area contributed by atoms with Crippen molar-refractivity contribution in [3.05, 3.63) is 70.5 Å². The Balaban J connectivity index is 1.68. The number of hydrogen-bond acceptors (Lipinski definition) is 5. The first-order valence-corrected chi connectivity index (χ1v) is 10.4. The van der Waals surface area contributed by atoms with Crippen molar-refractivity contribution in [2.75, 3.05) is 5.75 Å². The van der Waals surface area contributed by atoms with Gasteiger partial charge < -0.3 is 9.30 Å². The maximum absolute atomic E-state index is 12.4. The van der Waals surface area contributed by atoms with Gasteiger partial charge in [0.25, 0.3) is 0 Å². The van der Waals surface area contributed by atoms with Crippen LogP contribution in [0.2, 0.25) is 0 Å². The summed E-state index contributed by atoms with van der Waals surface area (Å²) in [6.07, 6.45) is -0.239. The highest BCUT2D eigenvalue weighted by Gasteiger charge is 2.19. The average molecular weight is 446 g/mol. The van der Waals surface area contributed by atoms with Crippen molar-refractivity contribution in [3.8, 4) is 5.75 Å². The molecule has 0 amide bonds. The molecule has 0 aliphatic carbocycles. The second-order valence-electron chi connectivity index (χ2n) is 5.88. The van der Waals surface area contributed by atoms with E-state index in [-0.39, 0.29) is 11.9 Å². The van der Waals surface area contributed by atoms with E-state index in [9.17, 15) is 4.79 Å². The molecule has 0 saturated heterocycles. The molecule has 2 aromatic carbocycles. The van der Waals surface area contributed by atoms with E-state index in [0.717, 1.165) is 21.2 Å². The number of ether oxygens (including phenoxy) is 1. The molecule has 1 heterocycles. The lowest BCUT2D eigenvalue weighted by atomic mass is 10.2. The van der Waals surface area contributed by atoms with Gasteiger partial charge in [-0.05, 0) is 38.1 Å². The smallest absolute Gasteiger partial charge is 0.191 e. The van der Waals surface area contributed by atoms with Crippen molar-refractivity contribution >= 4 is 33.5 Å². The topological polar surface area (TPSA) is 57.0 Å². The Bertz CT molecular complexity index is 897. The second kappa shape index (κ2) is 9.19. The van der Waals surface area contributed by atoms with E-state index < -0.39 is 0 Å². The van der Waals surface area contributed by atoms with E-state index in [1.54, 1.807) is 0 Å². The van der Waals surface area contributed by atoms with Crippen LogP contribution in [0.1, 0.15) is 36.1 Å². The van der Waals surface area contributed by atoms with E-state index in [1.807, 2.05) is 73.0 Å². The van der Waals surface area contributed by atoms with Gasteiger partial charge in [-0.1, -0.05) is 58.0 Å². The number of benzene rings is 2. The van der Waals surface area contributed by atoms with Crippen LogP contribution in [0.5, 0.6) is 5.75 Å². The number of aromatic nitrogens is 3. The zero-order valence-corrected chi connectivity index (χ0v) is 17.5. The Labute approximate surface area is 171 Å². The lowest BCUT2D eigenvalue weighted by Crippen LogP contribution is -2.12. The highest BCUT2D eigenvalue weighted by Crippen LogP contribution is 2.25. The molecular weight excluding hydrogens is 426 g/mol. The minimum atomic E-state index is -0.239. The number of hydrogen-bond donors (Lipinski definition) is 0. The molecule has 1 atom stereocenters. The minimum absolute atomic E-state index is 0.0632. The molecule has 0 aliphatic rings. The lowest BCUT2D eigenvalue weighted by Gasteiger charge is -2.15. The summed E-state index contributed by atoms with van der Waals surface area (Å²) in [5, 5.41) is 9.28. The van der Waals surface area contributed by atoms with Crippen LogP contribution in [-0.2, 0) is 6.54 Å². The van der Waals surface area contributed by atoms with E-state index in [0.29, 0.717) is 17.9 Å². The number of para-hydroxylation sites is 1. The van der Waals surface area contributed by atoms with Crippen molar-refractivity contribution in [1.29, 1.82) is 0 Å². The fourth-order valence-corrected chi connectivity index (χ4v) is 3.78. The lowest BCUT2D eigenvalue weighted by molar-refractivity contribution is 0.102. The molecule has 0 saturated carbocycles. The standard InChI is InChI=1S/C20H20BrN3O2S/c1-3-24-19(14(2)26-17-7-5-4-6-8-17)22-23-20(24)27-13-18(25)15-9-11-16(21)12-10-15/h4-12,14H,3,13H2,1-2H3. The number of rotatable bonds is 8. The molecule has 0 fully saturated rings. The first-order chi connectivity index (χ1) is 13.1. The third kappa shape index (κ3) is 4.99. The van der Waals surface area contributed by atoms with Gasteiger partial charge >= 0.3 is 0 Å². The maximum Gasteiger partial charge on any atom is 0.191 e. The molecule has 0 spiro atoms. The molecule has 0 aliphatic heterocycles. The zero-order chi connectivity index (χ0) is 19.2. The number of nitrogens with zero attached hydrogens (tertiary/aromatic N) is 3. The summed E-state index contributed by atoms with van der Waals surface area (Å²) in [6, 6.07) is 17.0. The Morgan fingerprint density at radius 3 is 2.52 bits per heavy atom. The van der Waals surface area contributed by atoms with Gasteiger partial charge in [0, 0.05) is 16.6 Å². The molecule has 0 N–H and O–H groups in total. The molecule has 1 aromatic heterocycles. The summed E-state index contributed by atoms with van der Waals surface area (Å²) in [5.74, 6) is 1.91. The molecule has 140 valence electrons. The minimum Gasteiger partial charge on any atom is -0.483 e. The SMILES string of the molecule is CCn1c(SCC(=O)c2ccc(Br)cc2)nnc1C(C)Oc1ccccc1. The van der Waals surface area contributed by atoms with Crippen LogP contribution in [-0.4, -0.2) is 26.3 Å². The summed E-state index contributed by atoms with van der Waals surface area (Å²) < 4.78 is 8.90. The van der Waals surface area contributed by atoms with Crippen LogP contribution in [0.3, 0.4) is 0 Å². The van der Waals surface area contributed by atoms with Crippen LogP contribution in [0.25, 0.3) is 0 Å². The van der Waals surface area contributed by atoms with Crippen molar-refractivity contribution in [2.24, 2.45) is 0 Å². The van der Waals surface area contributed by atoms with E-state index in [4.69, 9.17) is 4.74 Å². The molecule has 5 nitrogen and oxygen atoms in total. The predicted molar refractivity (Wildman–Crippen MR) is 110 cm³/mol. The van der Waals surface area contributed by atoms with Crippen LogP contribution < -0.4 is 4.74 Å². The largest absolute Gasteiger partial charge is 0.483 e. The Morgan fingerprint density at radius 1 is 1.15 bits per heavy atom. The van der Waals surface area contributed by atoms with Gasteiger partial charge in [0.1, 0.15) is 5.75 Å². The Kier molecular flexibility index (Phi) is 6.68. The van der Waals surface area contributed by atoms with Crippen LogP contribution in [0.15, 0.2) is 64.2 Å². The fourth-order valence-electron chi connectivity index (χ4n) is 2.61. The summed E-state index contributed by atoms with van der Waals surface area (Å²) in [4.78, 5) is 12.4. The van der Waals surface area contributed by atoms with E-state index in [1.165, 1.54) is 11.8 Å². The number of Topliss-reactive ketones (excluding diaryl/α,β-unsaturated/α-hetero) is 1. The van der Waals surface area contributed by atoms with Gasteiger partial charge in [-0.25, -0.2) is 0 Å². The quantitative estimate of drug-likeness (QED) is 0.353. The summed E-state index contributed by atoms with van der Waals surface area (Å²) in [7, 11) is 0. The first-order valence-electron chi connectivity index (χ1n) is 8.65. The predicted octanol–water partition coefficient (Wildman–Crippen LogP) is 5.18. The normalized spacial score (nSPS) is 12.0. The summed E-state index contributed by atoms with van der Waals surface area (Å²) in [5.41, 5.74) is 0.689. The number of ketones is 1. The maximum atomic E-state index is 12.4. The second-order valence-corrected chi connectivity index (χ2v) is 7.74. The van der Waals surface area contributed by atoms with E-state index >= 15 is 0 Å². The van der Waals surface area contributed by atoms with Crippen molar-refractivity contribution in [3.63, 3.8) is 0 Å². The van der Waals surface area contributed by atoms with Gasteiger partial charge in [-0.3, -0.25) is 4.79 Å². The van der Waals surface area contributed by atoms with Crippen molar-refractivity contribution < 1.29 is 9.53 Å². The van der Waals surface area contributed by atoms with Gasteiger partial charge in [0.05, 0.1) is 5.75 Å². The zero-order valence-electron chi connectivity index (χ0n) is 15.1. The van der Waals surface area contributed by atoms with Crippen LogP contribution in [0.4, 0.5) is 0 Å². The number of carbonyl (C=O) groups excluding carboxylic acids is 1.